The molecule has 1 heterocycles. The number of hydrogen-bond donors (Lipinski definition) is 1. The topological polar surface area (TPSA) is 64.9 Å². The smallest absolute Gasteiger partial charge is 0.168 e. The Hall–Kier alpha value is -1.01. The summed E-state index contributed by atoms with van der Waals surface area (Å²) in [6.07, 6.45) is 0. The Labute approximate surface area is 96.4 Å². The second-order valence-corrected chi connectivity index (χ2v) is 4.24. The van der Waals surface area contributed by atoms with E-state index in [1.165, 1.54) is 0 Å². The molecule has 1 atom stereocenters. The molecule has 0 amide bonds. The molecule has 0 aliphatic heterocycles. The third-order valence-corrected chi connectivity index (χ3v) is 2.28. The molecule has 1 N–H and O–H groups in total. The fourth-order valence-corrected chi connectivity index (χ4v) is 1.28. The van der Waals surface area contributed by atoms with Gasteiger partial charge in [-0.25, -0.2) is 4.68 Å². The lowest BCUT2D eigenvalue weighted by molar-refractivity contribution is 0.0997. The summed E-state index contributed by atoms with van der Waals surface area (Å²) in [6, 6.07) is 0.153. The fraction of sp³-hybridized carbons (Fsp3) is 0.900. The number of nitrogens with zero attached hydrogens (tertiary/aromatic N) is 4. The minimum atomic E-state index is 0.153. The third-order valence-electron chi connectivity index (χ3n) is 2.28. The van der Waals surface area contributed by atoms with E-state index < -0.39 is 0 Å². The average Bonchev–Trinajstić information content (AvgIpc) is 2.71. The van der Waals surface area contributed by atoms with Gasteiger partial charge in [0.05, 0.1) is 19.2 Å². The maximum atomic E-state index is 5.50. The van der Waals surface area contributed by atoms with Crippen molar-refractivity contribution in [1.29, 1.82) is 0 Å². The normalized spacial score (nSPS) is 13.3. The SMILES string of the molecule is CNC(C)c1nnnn1CCOCC(C)C. The Morgan fingerprint density at radius 3 is 2.75 bits per heavy atom. The van der Waals surface area contributed by atoms with Crippen molar-refractivity contribution >= 4 is 0 Å². The first kappa shape index (κ1) is 13.1. The quantitative estimate of drug-likeness (QED) is 0.692. The number of rotatable bonds is 7. The highest BCUT2D eigenvalue weighted by Crippen LogP contribution is 2.05. The second kappa shape index (κ2) is 6.55. The molecule has 0 fully saturated rings. The summed E-state index contributed by atoms with van der Waals surface area (Å²) in [4.78, 5) is 0. The van der Waals surface area contributed by atoms with Crippen molar-refractivity contribution in [1.82, 2.24) is 25.5 Å². The summed E-state index contributed by atoms with van der Waals surface area (Å²) in [6.45, 7) is 8.40. The van der Waals surface area contributed by atoms with Gasteiger partial charge in [0, 0.05) is 6.61 Å². The highest BCUT2D eigenvalue weighted by atomic mass is 16.5. The third kappa shape index (κ3) is 3.86. The van der Waals surface area contributed by atoms with E-state index in [2.05, 4.69) is 34.7 Å². The summed E-state index contributed by atoms with van der Waals surface area (Å²) in [5.74, 6) is 1.40. The van der Waals surface area contributed by atoms with Gasteiger partial charge < -0.3 is 10.1 Å². The molecule has 1 aromatic rings. The van der Waals surface area contributed by atoms with E-state index in [1.54, 1.807) is 4.68 Å². The molecule has 0 aromatic carbocycles. The molecule has 0 radical (unpaired) electrons. The van der Waals surface area contributed by atoms with E-state index in [0.29, 0.717) is 19.1 Å². The summed E-state index contributed by atoms with van der Waals surface area (Å²) < 4.78 is 7.28. The molecule has 0 saturated carbocycles. The van der Waals surface area contributed by atoms with E-state index in [-0.39, 0.29) is 6.04 Å². The number of ether oxygens (including phenoxy) is 1. The monoisotopic (exact) mass is 227 g/mol. The summed E-state index contributed by atoms with van der Waals surface area (Å²) >= 11 is 0. The van der Waals surface area contributed by atoms with Crippen molar-refractivity contribution in [2.45, 2.75) is 33.4 Å². The van der Waals surface area contributed by atoms with Crippen molar-refractivity contribution in [3.63, 3.8) is 0 Å². The Morgan fingerprint density at radius 1 is 1.38 bits per heavy atom. The minimum Gasteiger partial charge on any atom is -0.379 e. The fourth-order valence-electron chi connectivity index (χ4n) is 1.28. The Bertz CT molecular complexity index is 299. The van der Waals surface area contributed by atoms with Gasteiger partial charge in [0.15, 0.2) is 5.82 Å². The van der Waals surface area contributed by atoms with Crippen LogP contribution in [-0.2, 0) is 11.3 Å². The first-order valence-electron chi connectivity index (χ1n) is 5.66. The average molecular weight is 227 g/mol. The van der Waals surface area contributed by atoms with E-state index in [1.807, 2.05) is 14.0 Å². The van der Waals surface area contributed by atoms with Crippen LogP contribution < -0.4 is 5.32 Å². The van der Waals surface area contributed by atoms with Gasteiger partial charge in [-0.15, -0.1) is 5.10 Å². The zero-order chi connectivity index (χ0) is 12.0. The first-order valence-corrected chi connectivity index (χ1v) is 5.66. The number of nitrogens with one attached hydrogen (secondary N) is 1. The molecule has 1 unspecified atom stereocenters. The van der Waals surface area contributed by atoms with Crippen LogP contribution in [0, 0.1) is 5.92 Å². The molecule has 0 saturated heterocycles. The van der Waals surface area contributed by atoms with Gasteiger partial charge in [-0.3, -0.25) is 0 Å². The molecule has 0 aliphatic carbocycles. The Kier molecular flexibility index (Phi) is 5.34. The van der Waals surface area contributed by atoms with Gasteiger partial charge >= 0.3 is 0 Å². The molecule has 6 heteroatoms. The second-order valence-electron chi connectivity index (χ2n) is 4.24. The van der Waals surface area contributed by atoms with Crippen LogP contribution in [0.1, 0.15) is 32.6 Å². The molecule has 92 valence electrons. The number of tetrazole rings is 1. The summed E-state index contributed by atoms with van der Waals surface area (Å²) in [7, 11) is 1.89. The molecule has 16 heavy (non-hydrogen) atoms. The summed E-state index contributed by atoms with van der Waals surface area (Å²) in [5.41, 5.74) is 0. The highest BCUT2D eigenvalue weighted by Gasteiger charge is 2.11. The highest BCUT2D eigenvalue weighted by molar-refractivity contribution is 4.88. The number of aromatic nitrogens is 4. The van der Waals surface area contributed by atoms with Crippen LogP contribution in [0.15, 0.2) is 0 Å². The lowest BCUT2D eigenvalue weighted by Gasteiger charge is -2.11. The van der Waals surface area contributed by atoms with Crippen LogP contribution in [-0.4, -0.2) is 40.5 Å². The molecule has 6 nitrogen and oxygen atoms in total. The van der Waals surface area contributed by atoms with Crippen LogP contribution in [0.4, 0.5) is 0 Å². The van der Waals surface area contributed by atoms with E-state index in [0.717, 1.165) is 12.4 Å². The molecule has 1 rings (SSSR count). The van der Waals surface area contributed by atoms with Gasteiger partial charge in [-0.2, -0.15) is 0 Å². The first-order chi connectivity index (χ1) is 7.65. The predicted octanol–water partition coefficient (Wildman–Crippen LogP) is 0.626. The van der Waals surface area contributed by atoms with Gasteiger partial charge in [0.25, 0.3) is 0 Å². The van der Waals surface area contributed by atoms with E-state index >= 15 is 0 Å². The van der Waals surface area contributed by atoms with Crippen LogP contribution in [0.25, 0.3) is 0 Å². The van der Waals surface area contributed by atoms with Crippen molar-refractivity contribution in [2.75, 3.05) is 20.3 Å². The van der Waals surface area contributed by atoms with Crippen molar-refractivity contribution < 1.29 is 4.74 Å². The van der Waals surface area contributed by atoms with Crippen LogP contribution in [0.2, 0.25) is 0 Å². The zero-order valence-electron chi connectivity index (χ0n) is 10.5. The van der Waals surface area contributed by atoms with Crippen LogP contribution >= 0.6 is 0 Å². The molecular formula is C10H21N5O. The largest absolute Gasteiger partial charge is 0.379 e. The molecule has 0 bridgehead atoms. The Balaban J connectivity index is 2.39. The molecule has 1 aromatic heterocycles. The van der Waals surface area contributed by atoms with E-state index in [9.17, 15) is 0 Å². The van der Waals surface area contributed by atoms with E-state index in [4.69, 9.17) is 4.74 Å². The standard InChI is InChI=1S/C10H21N5O/c1-8(2)7-16-6-5-15-10(9(3)11-4)12-13-14-15/h8-9,11H,5-7H2,1-4H3. The lowest BCUT2D eigenvalue weighted by atomic mass is 10.2. The molecule has 0 aliphatic rings. The maximum Gasteiger partial charge on any atom is 0.168 e. The van der Waals surface area contributed by atoms with Gasteiger partial charge in [-0.1, -0.05) is 13.8 Å². The van der Waals surface area contributed by atoms with Crippen LogP contribution in [0.5, 0.6) is 0 Å². The van der Waals surface area contributed by atoms with Gasteiger partial charge in [-0.05, 0) is 30.3 Å². The predicted molar refractivity (Wildman–Crippen MR) is 60.9 cm³/mol. The zero-order valence-corrected chi connectivity index (χ0v) is 10.5. The maximum absolute atomic E-state index is 5.50. The van der Waals surface area contributed by atoms with Crippen molar-refractivity contribution in [3.05, 3.63) is 5.82 Å². The summed E-state index contributed by atoms with van der Waals surface area (Å²) in [5, 5.41) is 14.7. The molecule has 0 spiro atoms. The minimum absolute atomic E-state index is 0.153. The van der Waals surface area contributed by atoms with Gasteiger partial charge in [0.2, 0.25) is 0 Å². The molecular weight excluding hydrogens is 206 g/mol. The van der Waals surface area contributed by atoms with Gasteiger partial charge in [0.1, 0.15) is 0 Å². The van der Waals surface area contributed by atoms with Crippen LogP contribution in [0.3, 0.4) is 0 Å². The van der Waals surface area contributed by atoms with Crippen molar-refractivity contribution in [2.24, 2.45) is 5.92 Å². The lowest BCUT2D eigenvalue weighted by Crippen LogP contribution is -2.20. The number of hydrogen-bond acceptors (Lipinski definition) is 5. The van der Waals surface area contributed by atoms with Crippen molar-refractivity contribution in [3.8, 4) is 0 Å². The Morgan fingerprint density at radius 2 is 2.12 bits per heavy atom.